The summed E-state index contributed by atoms with van der Waals surface area (Å²) in [5.41, 5.74) is -0.851. The number of carboxylic acid groups (broad SMARTS) is 1. The van der Waals surface area contributed by atoms with E-state index in [0.717, 1.165) is 0 Å². The first-order valence-corrected chi connectivity index (χ1v) is 4.93. The fraction of sp³-hybridized carbons (Fsp3) is 0.200. The third-order valence-corrected chi connectivity index (χ3v) is 2.39. The molecule has 0 fully saturated rings. The lowest BCUT2D eigenvalue weighted by molar-refractivity contribution is -0.167. The van der Waals surface area contributed by atoms with Crippen LogP contribution in [0.1, 0.15) is 15.9 Å². The van der Waals surface area contributed by atoms with E-state index < -0.39 is 29.3 Å². The molecule has 0 bridgehead atoms. The van der Waals surface area contributed by atoms with Gasteiger partial charge >= 0.3 is 18.1 Å². The van der Waals surface area contributed by atoms with Crippen molar-refractivity contribution in [1.82, 2.24) is 0 Å². The SMILES string of the molecule is Cc1ccc(Cl)c(NC(=O)C(F)(F)F)c1C(=O)O. The number of carbonyl (C=O) groups excluding carboxylic acids is 1. The second-order valence-corrected chi connectivity index (χ2v) is 3.78. The van der Waals surface area contributed by atoms with Crippen molar-refractivity contribution in [3.63, 3.8) is 0 Å². The molecular weight excluding hydrogens is 275 g/mol. The smallest absolute Gasteiger partial charge is 0.471 e. The van der Waals surface area contributed by atoms with Gasteiger partial charge in [0.05, 0.1) is 16.3 Å². The molecule has 0 atom stereocenters. The molecule has 0 heterocycles. The molecule has 4 nitrogen and oxygen atoms in total. The van der Waals surface area contributed by atoms with Crippen molar-refractivity contribution in [2.45, 2.75) is 13.1 Å². The highest BCUT2D eigenvalue weighted by Gasteiger charge is 2.39. The van der Waals surface area contributed by atoms with Crippen LogP contribution in [0.3, 0.4) is 0 Å². The fourth-order valence-electron chi connectivity index (χ4n) is 1.26. The quantitative estimate of drug-likeness (QED) is 0.876. The van der Waals surface area contributed by atoms with Gasteiger partial charge in [-0.2, -0.15) is 13.2 Å². The fourth-order valence-corrected chi connectivity index (χ4v) is 1.47. The number of aromatic carboxylic acids is 1. The maximum atomic E-state index is 12.1. The summed E-state index contributed by atoms with van der Waals surface area (Å²) in [7, 11) is 0. The monoisotopic (exact) mass is 281 g/mol. The highest BCUT2D eigenvalue weighted by Crippen LogP contribution is 2.30. The van der Waals surface area contributed by atoms with E-state index in [9.17, 15) is 22.8 Å². The molecule has 0 aliphatic heterocycles. The maximum Gasteiger partial charge on any atom is 0.471 e. The van der Waals surface area contributed by atoms with Gasteiger partial charge in [0.25, 0.3) is 0 Å². The number of benzene rings is 1. The normalized spacial score (nSPS) is 11.2. The van der Waals surface area contributed by atoms with Crippen LogP contribution in [0.15, 0.2) is 12.1 Å². The summed E-state index contributed by atoms with van der Waals surface area (Å²) >= 11 is 5.59. The van der Waals surface area contributed by atoms with Gasteiger partial charge in [0, 0.05) is 0 Å². The van der Waals surface area contributed by atoms with Crippen LogP contribution in [0, 0.1) is 6.92 Å². The van der Waals surface area contributed by atoms with Crippen LogP contribution in [0.2, 0.25) is 5.02 Å². The van der Waals surface area contributed by atoms with Crippen molar-refractivity contribution in [3.05, 3.63) is 28.3 Å². The predicted molar refractivity (Wildman–Crippen MR) is 57.8 cm³/mol. The largest absolute Gasteiger partial charge is 0.478 e. The Morgan fingerprint density at radius 2 is 1.89 bits per heavy atom. The first-order chi connectivity index (χ1) is 8.14. The predicted octanol–water partition coefficient (Wildman–Crippen LogP) is 2.85. The van der Waals surface area contributed by atoms with E-state index in [2.05, 4.69) is 0 Å². The maximum absolute atomic E-state index is 12.1. The van der Waals surface area contributed by atoms with Crippen molar-refractivity contribution in [2.24, 2.45) is 0 Å². The van der Waals surface area contributed by atoms with Crippen LogP contribution in [0.25, 0.3) is 0 Å². The zero-order valence-corrected chi connectivity index (χ0v) is 9.69. The zero-order chi connectivity index (χ0) is 14.1. The van der Waals surface area contributed by atoms with Crippen molar-refractivity contribution in [3.8, 4) is 0 Å². The van der Waals surface area contributed by atoms with E-state index in [1.807, 2.05) is 0 Å². The number of amides is 1. The summed E-state index contributed by atoms with van der Waals surface area (Å²) in [6, 6.07) is 2.53. The topological polar surface area (TPSA) is 66.4 Å². The number of hydrogen-bond donors (Lipinski definition) is 2. The molecule has 0 aliphatic rings. The van der Waals surface area contributed by atoms with Gasteiger partial charge in [-0.15, -0.1) is 0 Å². The van der Waals surface area contributed by atoms with Crippen molar-refractivity contribution >= 4 is 29.2 Å². The molecule has 18 heavy (non-hydrogen) atoms. The van der Waals surface area contributed by atoms with Gasteiger partial charge in [0.1, 0.15) is 0 Å². The number of rotatable bonds is 2. The Balaban J connectivity index is 3.28. The summed E-state index contributed by atoms with van der Waals surface area (Å²) in [6.45, 7) is 1.38. The molecule has 2 N–H and O–H groups in total. The minimum atomic E-state index is -5.12. The number of nitrogens with one attached hydrogen (secondary N) is 1. The Kier molecular flexibility index (Phi) is 3.85. The Hall–Kier alpha value is -1.76. The molecular formula is C10H7ClF3NO3. The number of anilines is 1. The molecule has 1 aromatic rings. The van der Waals surface area contributed by atoms with Crippen LogP contribution >= 0.6 is 11.6 Å². The lowest BCUT2D eigenvalue weighted by Crippen LogP contribution is -2.31. The Bertz CT molecular complexity index is 514. The highest BCUT2D eigenvalue weighted by atomic mass is 35.5. The van der Waals surface area contributed by atoms with E-state index in [0.29, 0.717) is 0 Å². The molecule has 0 saturated carbocycles. The third-order valence-electron chi connectivity index (χ3n) is 2.07. The van der Waals surface area contributed by atoms with Crippen molar-refractivity contribution in [2.75, 3.05) is 5.32 Å². The lowest BCUT2D eigenvalue weighted by Gasteiger charge is -2.13. The van der Waals surface area contributed by atoms with Gasteiger partial charge in [-0.25, -0.2) is 4.79 Å². The molecule has 8 heteroatoms. The lowest BCUT2D eigenvalue weighted by atomic mass is 10.1. The van der Waals surface area contributed by atoms with Gasteiger partial charge in [-0.05, 0) is 18.6 Å². The molecule has 0 unspecified atom stereocenters. The average Bonchev–Trinajstić information content (AvgIpc) is 2.21. The summed E-state index contributed by atoms with van der Waals surface area (Å²) in [5, 5.41) is 10.1. The molecule has 0 spiro atoms. The number of halogens is 4. The summed E-state index contributed by atoms with van der Waals surface area (Å²) < 4.78 is 36.3. The van der Waals surface area contributed by atoms with Crippen molar-refractivity contribution in [1.29, 1.82) is 0 Å². The van der Waals surface area contributed by atoms with Gasteiger partial charge in [0.2, 0.25) is 0 Å². The highest BCUT2D eigenvalue weighted by molar-refractivity contribution is 6.34. The number of carbonyl (C=O) groups is 2. The summed E-state index contributed by atoms with van der Waals surface area (Å²) in [4.78, 5) is 21.7. The van der Waals surface area contributed by atoms with Crippen LogP contribution in [0.4, 0.5) is 18.9 Å². The van der Waals surface area contributed by atoms with Crippen LogP contribution < -0.4 is 5.32 Å². The molecule has 0 aliphatic carbocycles. The number of carboxylic acids is 1. The van der Waals surface area contributed by atoms with E-state index in [1.165, 1.54) is 24.4 Å². The van der Waals surface area contributed by atoms with Crippen LogP contribution in [-0.2, 0) is 4.79 Å². The number of alkyl halides is 3. The summed E-state index contributed by atoms with van der Waals surface area (Å²) in [5.74, 6) is -3.76. The molecule has 0 saturated heterocycles. The minimum absolute atomic E-state index is 0.185. The molecule has 0 aromatic heterocycles. The third kappa shape index (κ3) is 2.92. The molecule has 1 amide bonds. The number of aryl methyl sites for hydroxylation is 1. The van der Waals surface area contributed by atoms with Crippen LogP contribution in [-0.4, -0.2) is 23.2 Å². The van der Waals surface area contributed by atoms with E-state index >= 15 is 0 Å². The first-order valence-electron chi connectivity index (χ1n) is 4.55. The molecule has 0 radical (unpaired) electrons. The Morgan fingerprint density at radius 3 is 2.33 bits per heavy atom. The second-order valence-electron chi connectivity index (χ2n) is 3.37. The summed E-state index contributed by atoms with van der Waals surface area (Å²) in [6.07, 6.45) is -5.12. The average molecular weight is 282 g/mol. The molecule has 98 valence electrons. The van der Waals surface area contributed by atoms with Gasteiger partial charge < -0.3 is 10.4 Å². The molecule has 1 aromatic carbocycles. The van der Waals surface area contributed by atoms with Crippen molar-refractivity contribution < 1.29 is 27.9 Å². The van der Waals surface area contributed by atoms with E-state index in [-0.39, 0.29) is 10.6 Å². The Labute approximate surface area is 104 Å². The first kappa shape index (κ1) is 14.3. The second kappa shape index (κ2) is 4.85. The van der Waals surface area contributed by atoms with Gasteiger partial charge in [-0.3, -0.25) is 4.79 Å². The minimum Gasteiger partial charge on any atom is -0.478 e. The zero-order valence-electron chi connectivity index (χ0n) is 8.93. The van der Waals surface area contributed by atoms with E-state index in [1.54, 1.807) is 0 Å². The number of hydrogen-bond acceptors (Lipinski definition) is 2. The van der Waals surface area contributed by atoms with E-state index in [4.69, 9.17) is 16.7 Å². The van der Waals surface area contributed by atoms with Crippen LogP contribution in [0.5, 0.6) is 0 Å². The Morgan fingerprint density at radius 1 is 1.33 bits per heavy atom. The van der Waals surface area contributed by atoms with Gasteiger partial charge in [0.15, 0.2) is 0 Å². The molecule has 1 rings (SSSR count). The standard InChI is InChI=1S/C10H7ClF3NO3/c1-4-2-3-5(11)7(6(4)8(16)17)15-9(18)10(12,13)14/h2-3H,1H3,(H,15,18)(H,16,17). The van der Waals surface area contributed by atoms with Gasteiger partial charge in [-0.1, -0.05) is 17.7 Å².